The first-order chi connectivity index (χ1) is 10.1. The molecule has 0 fully saturated rings. The average Bonchev–Trinajstić information content (AvgIpc) is 2.47. The van der Waals surface area contributed by atoms with E-state index in [0.717, 1.165) is 15.8 Å². The lowest BCUT2D eigenvalue weighted by Crippen LogP contribution is -2.36. The predicted octanol–water partition coefficient (Wildman–Crippen LogP) is 3.95. The minimum atomic E-state index is -0.0941. The monoisotopic (exact) mass is 347 g/mol. The highest BCUT2D eigenvalue weighted by atomic mass is 79.9. The van der Waals surface area contributed by atoms with Gasteiger partial charge in [-0.2, -0.15) is 0 Å². The van der Waals surface area contributed by atoms with E-state index in [1.807, 2.05) is 50.2 Å². The van der Waals surface area contributed by atoms with Gasteiger partial charge in [0, 0.05) is 10.0 Å². The van der Waals surface area contributed by atoms with Crippen molar-refractivity contribution in [2.45, 2.75) is 19.9 Å². The predicted molar refractivity (Wildman–Crippen MR) is 87.7 cm³/mol. The Hall–Kier alpha value is -1.81. The lowest BCUT2D eigenvalue weighted by atomic mass is 10.2. The molecule has 0 aliphatic carbocycles. The lowest BCUT2D eigenvalue weighted by Gasteiger charge is -2.16. The second-order valence-corrected chi connectivity index (χ2v) is 5.87. The maximum absolute atomic E-state index is 12.1. The number of halogens is 1. The number of hydrogen-bond acceptors (Lipinski definition) is 2. The van der Waals surface area contributed by atoms with Gasteiger partial charge in [0.05, 0.1) is 6.04 Å². The number of nitrogens with one attached hydrogen (secondary N) is 1. The topological polar surface area (TPSA) is 38.3 Å². The van der Waals surface area contributed by atoms with E-state index in [-0.39, 0.29) is 11.9 Å². The summed E-state index contributed by atoms with van der Waals surface area (Å²) in [6.45, 7) is 4.36. The molecule has 0 aromatic heterocycles. The summed E-state index contributed by atoms with van der Waals surface area (Å²) in [5, 5.41) is 2.93. The highest BCUT2D eigenvalue weighted by molar-refractivity contribution is 9.10. The summed E-state index contributed by atoms with van der Waals surface area (Å²) in [5.41, 5.74) is 1.73. The van der Waals surface area contributed by atoms with Gasteiger partial charge in [0.25, 0.3) is 5.91 Å². The zero-order valence-electron chi connectivity index (χ0n) is 12.1. The van der Waals surface area contributed by atoms with Crippen LogP contribution in [0.25, 0.3) is 0 Å². The fourth-order valence-electron chi connectivity index (χ4n) is 1.88. The van der Waals surface area contributed by atoms with E-state index in [9.17, 15) is 4.79 Å². The second-order valence-electron chi connectivity index (χ2n) is 4.96. The summed E-state index contributed by atoms with van der Waals surface area (Å²) in [4.78, 5) is 12.1. The minimum absolute atomic E-state index is 0.0687. The summed E-state index contributed by atoms with van der Waals surface area (Å²) >= 11 is 3.35. The summed E-state index contributed by atoms with van der Waals surface area (Å²) in [6, 6.07) is 15.0. The Bertz CT molecular complexity index is 610. The number of amides is 1. The van der Waals surface area contributed by atoms with Crippen LogP contribution in [0.4, 0.5) is 0 Å². The number of carbonyl (C=O) groups is 1. The van der Waals surface area contributed by atoms with Crippen LogP contribution in [0, 0.1) is 6.92 Å². The van der Waals surface area contributed by atoms with Gasteiger partial charge in [-0.05, 0) is 49.7 Å². The lowest BCUT2D eigenvalue weighted by molar-refractivity contribution is 0.0926. The Morgan fingerprint density at radius 1 is 1.19 bits per heavy atom. The third-order valence-corrected chi connectivity index (χ3v) is 3.59. The molecule has 0 bridgehead atoms. The quantitative estimate of drug-likeness (QED) is 0.888. The van der Waals surface area contributed by atoms with Crippen molar-refractivity contribution in [1.82, 2.24) is 5.32 Å². The molecule has 2 aromatic rings. The van der Waals surface area contributed by atoms with Gasteiger partial charge in [0.15, 0.2) is 0 Å². The van der Waals surface area contributed by atoms with E-state index >= 15 is 0 Å². The van der Waals surface area contributed by atoms with Crippen molar-refractivity contribution >= 4 is 21.8 Å². The van der Waals surface area contributed by atoms with Gasteiger partial charge in [0.1, 0.15) is 12.4 Å². The zero-order valence-corrected chi connectivity index (χ0v) is 13.7. The molecular weight excluding hydrogens is 330 g/mol. The molecule has 2 aromatic carbocycles. The molecule has 110 valence electrons. The van der Waals surface area contributed by atoms with E-state index in [1.165, 1.54) is 0 Å². The number of aryl methyl sites for hydroxylation is 1. The second kappa shape index (κ2) is 7.27. The normalized spacial score (nSPS) is 11.8. The first-order valence-corrected chi connectivity index (χ1v) is 7.60. The van der Waals surface area contributed by atoms with Crippen LogP contribution in [-0.4, -0.2) is 18.6 Å². The maximum Gasteiger partial charge on any atom is 0.251 e. The SMILES string of the molecule is Cc1ccccc1OC[C@H](C)NC(=O)c1ccc(Br)cc1. The maximum atomic E-state index is 12.1. The Morgan fingerprint density at radius 3 is 2.52 bits per heavy atom. The largest absolute Gasteiger partial charge is 0.491 e. The average molecular weight is 348 g/mol. The van der Waals surface area contributed by atoms with Crippen molar-refractivity contribution < 1.29 is 9.53 Å². The first kappa shape index (κ1) is 15.6. The molecule has 0 aliphatic rings. The van der Waals surface area contributed by atoms with E-state index in [2.05, 4.69) is 21.2 Å². The smallest absolute Gasteiger partial charge is 0.251 e. The standard InChI is InChI=1S/C17H18BrNO2/c1-12-5-3-4-6-16(12)21-11-13(2)19-17(20)14-7-9-15(18)10-8-14/h3-10,13H,11H2,1-2H3,(H,19,20)/t13-/m0/s1. The molecule has 21 heavy (non-hydrogen) atoms. The summed E-state index contributed by atoms with van der Waals surface area (Å²) < 4.78 is 6.69. The van der Waals surface area contributed by atoms with Gasteiger partial charge in [-0.15, -0.1) is 0 Å². The Balaban J connectivity index is 1.87. The number of rotatable bonds is 5. The molecule has 0 heterocycles. The van der Waals surface area contributed by atoms with Crippen molar-refractivity contribution in [2.24, 2.45) is 0 Å². The van der Waals surface area contributed by atoms with Crippen LogP contribution in [0.15, 0.2) is 53.0 Å². The number of ether oxygens (including phenoxy) is 1. The van der Waals surface area contributed by atoms with Crippen LogP contribution in [0.5, 0.6) is 5.75 Å². The molecule has 0 aliphatic heterocycles. The highest BCUT2D eigenvalue weighted by Crippen LogP contribution is 2.16. The van der Waals surface area contributed by atoms with Crippen LogP contribution < -0.4 is 10.1 Å². The molecule has 4 heteroatoms. The van der Waals surface area contributed by atoms with Crippen molar-refractivity contribution in [2.75, 3.05) is 6.61 Å². The van der Waals surface area contributed by atoms with Crippen LogP contribution in [0.3, 0.4) is 0 Å². The summed E-state index contributed by atoms with van der Waals surface area (Å²) in [7, 11) is 0. The minimum Gasteiger partial charge on any atom is -0.491 e. The third-order valence-electron chi connectivity index (χ3n) is 3.07. The highest BCUT2D eigenvalue weighted by Gasteiger charge is 2.10. The molecule has 0 saturated heterocycles. The van der Waals surface area contributed by atoms with Crippen molar-refractivity contribution in [1.29, 1.82) is 0 Å². The van der Waals surface area contributed by atoms with Gasteiger partial charge >= 0.3 is 0 Å². The summed E-state index contributed by atoms with van der Waals surface area (Å²) in [6.07, 6.45) is 0. The molecule has 1 amide bonds. The Morgan fingerprint density at radius 2 is 1.86 bits per heavy atom. The van der Waals surface area contributed by atoms with Gasteiger partial charge in [-0.1, -0.05) is 34.1 Å². The molecule has 2 rings (SSSR count). The van der Waals surface area contributed by atoms with Gasteiger partial charge in [0.2, 0.25) is 0 Å². The molecule has 0 saturated carbocycles. The van der Waals surface area contributed by atoms with Crippen molar-refractivity contribution in [3.63, 3.8) is 0 Å². The van der Waals surface area contributed by atoms with E-state index in [4.69, 9.17) is 4.74 Å². The zero-order chi connectivity index (χ0) is 15.2. The van der Waals surface area contributed by atoms with Gasteiger partial charge in [-0.3, -0.25) is 4.79 Å². The van der Waals surface area contributed by atoms with Gasteiger partial charge < -0.3 is 10.1 Å². The molecule has 1 N–H and O–H groups in total. The molecule has 0 spiro atoms. The number of carbonyl (C=O) groups excluding carboxylic acids is 1. The molecule has 1 atom stereocenters. The molecule has 3 nitrogen and oxygen atoms in total. The number of para-hydroxylation sites is 1. The summed E-state index contributed by atoms with van der Waals surface area (Å²) in [5.74, 6) is 0.755. The van der Waals surface area contributed by atoms with Crippen LogP contribution in [0.1, 0.15) is 22.8 Å². The Labute approximate surface area is 133 Å². The fourth-order valence-corrected chi connectivity index (χ4v) is 2.15. The van der Waals surface area contributed by atoms with E-state index in [1.54, 1.807) is 12.1 Å². The number of hydrogen-bond donors (Lipinski definition) is 1. The third kappa shape index (κ3) is 4.60. The fraction of sp³-hybridized carbons (Fsp3) is 0.235. The number of benzene rings is 2. The first-order valence-electron chi connectivity index (χ1n) is 6.81. The van der Waals surface area contributed by atoms with Gasteiger partial charge in [-0.25, -0.2) is 0 Å². The van der Waals surface area contributed by atoms with E-state index in [0.29, 0.717) is 12.2 Å². The molecule has 0 radical (unpaired) electrons. The van der Waals surface area contributed by atoms with E-state index < -0.39 is 0 Å². The molecular formula is C17H18BrNO2. The molecule has 0 unspecified atom stereocenters. The van der Waals surface area contributed by atoms with Crippen LogP contribution in [-0.2, 0) is 0 Å². The van der Waals surface area contributed by atoms with Crippen molar-refractivity contribution in [3.05, 3.63) is 64.1 Å². The Kier molecular flexibility index (Phi) is 5.39. The van der Waals surface area contributed by atoms with Crippen molar-refractivity contribution in [3.8, 4) is 5.75 Å². The van der Waals surface area contributed by atoms with Crippen LogP contribution >= 0.6 is 15.9 Å². The van der Waals surface area contributed by atoms with Crippen LogP contribution in [0.2, 0.25) is 0 Å².